The average Bonchev–Trinajstić information content (AvgIpc) is 2.01. The molecular formula is C8H16N4S. The highest BCUT2D eigenvalue weighted by molar-refractivity contribution is 7.71. The van der Waals surface area contributed by atoms with E-state index in [9.17, 15) is 0 Å². The molecule has 0 spiro atoms. The highest BCUT2D eigenvalue weighted by Crippen LogP contribution is 1.87. The summed E-state index contributed by atoms with van der Waals surface area (Å²) in [6.07, 6.45) is 1.47. The van der Waals surface area contributed by atoms with E-state index in [1.165, 1.54) is 6.33 Å². The molecule has 2 N–H and O–H groups in total. The number of nitrogens with one attached hydrogen (secondary N) is 2. The number of rotatable bonds is 3. The largest absolute Gasteiger partial charge is 0.318 e. The molecule has 1 aromatic rings. The van der Waals surface area contributed by atoms with Crippen molar-refractivity contribution in [2.75, 3.05) is 0 Å². The minimum Gasteiger partial charge on any atom is -0.318 e. The highest BCUT2D eigenvalue weighted by Gasteiger charge is 1.95. The van der Waals surface area contributed by atoms with Crippen LogP contribution >= 0.6 is 12.2 Å². The van der Waals surface area contributed by atoms with E-state index in [1.807, 2.05) is 0 Å². The molecule has 13 heavy (non-hydrogen) atoms. The van der Waals surface area contributed by atoms with E-state index in [0.29, 0.717) is 17.4 Å². The van der Waals surface area contributed by atoms with E-state index in [0.717, 1.165) is 5.82 Å². The normalized spacial score (nSPS) is 9.77. The molecule has 1 heterocycles. The Balaban J connectivity index is 0.00000144. The third-order valence-electron chi connectivity index (χ3n) is 1.32. The Labute approximate surface area is 83.8 Å². The summed E-state index contributed by atoms with van der Waals surface area (Å²) in [4.78, 5) is 10.7. The van der Waals surface area contributed by atoms with E-state index in [-0.39, 0.29) is 7.43 Å². The standard InChI is InChI=1S/C7H12N4S.CH4/c1-5(2)8-3-6-9-4-10-7(12)11-6;/h4-5,8H,3H2,1-2H3,(H,9,10,11,12);1H4. The van der Waals surface area contributed by atoms with Crippen LogP contribution in [0.25, 0.3) is 0 Å². The Morgan fingerprint density at radius 3 is 2.77 bits per heavy atom. The maximum absolute atomic E-state index is 4.84. The van der Waals surface area contributed by atoms with Gasteiger partial charge < -0.3 is 10.3 Å². The third-order valence-corrected chi connectivity index (χ3v) is 1.53. The molecule has 4 nitrogen and oxygen atoms in total. The molecule has 0 fully saturated rings. The molecule has 1 aromatic heterocycles. The quantitative estimate of drug-likeness (QED) is 0.729. The van der Waals surface area contributed by atoms with Crippen LogP contribution < -0.4 is 5.32 Å². The molecule has 0 aromatic carbocycles. The maximum atomic E-state index is 4.84. The van der Waals surface area contributed by atoms with Crippen LogP contribution in [0, 0.1) is 4.77 Å². The zero-order chi connectivity index (χ0) is 8.97. The van der Waals surface area contributed by atoms with E-state index in [4.69, 9.17) is 12.2 Å². The molecule has 0 saturated carbocycles. The van der Waals surface area contributed by atoms with Gasteiger partial charge in [-0.25, -0.2) is 9.97 Å². The molecule has 0 bridgehead atoms. The molecule has 1 rings (SSSR count). The number of H-pyrrole nitrogens is 1. The van der Waals surface area contributed by atoms with Gasteiger partial charge in [-0.3, -0.25) is 0 Å². The number of aromatic amines is 1. The molecule has 0 aliphatic heterocycles. The van der Waals surface area contributed by atoms with Crippen LogP contribution in [0.4, 0.5) is 0 Å². The molecule has 0 radical (unpaired) electrons. The molecule has 0 aliphatic rings. The fraction of sp³-hybridized carbons (Fsp3) is 0.625. The lowest BCUT2D eigenvalue weighted by atomic mass is 10.4. The molecule has 5 heteroatoms. The van der Waals surface area contributed by atoms with Crippen molar-refractivity contribution in [3.05, 3.63) is 16.9 Å². The van der Waals surface area contributed by atoms with Crippen molar-refractivity contribution in [2.45, 2.75) is 33.9 Å². The molecule has 0 saturated heterocycles. The topological polar surface area (TPSA) is 53.6 Å². The number of aromatic nitrogens is 3. The van der Waals surface area contributed by atoms with Gasteiger partial charge >= 0.3 is 0 Å². The van der Waals surface area contributed by atoms with Crippen LogP contribution in [0.2, 0.25) is 0 Å². The maximum Gasteiger partial charge on any atom is 0.199 e. The van der Waals surface area contributed by atoms with E-state index >= 15 is 0 Å². The molecule has 74 valence electrons. The van der Waals surface area contributed by atoms with Gasteiger partial charge in [-0.05, 0) is 12.2 Å². The molecule has 0 unspecified atom stereocenters. The highest BCUT2D eigenvalue weighted by atomic mass is 32.1. The first kappa shape index (κ1) is 12.2. The van der Waals surface area contributed by atoms with Gasteiger partial charge in [0, 0.05) is 6.04 Å². The number of hydrogen-bond donors (Lipinski definition) is 2. The van der Waals surface area contributed by atoms with Crippen molar-refractivity contribution in [1.29, 1.82) is 0 Å². The molecular weight excluding hydrogens is 184 g/mol. The second kappa shape index (κ2) is 5.77. The summed E-state index contributed by atoms with van der Waals surface area (Å²) < 4.78 is 0.477. The summed E-state index contributed by atoms with van der Waals surface area (Å²) in [5, 5.41) is 3.22. The first-order chi connectivity index (χ1) is 5.68. The van der Waals surface area contributed by atoms with Crippen molar-refractivity contribution < 1.29 is 0 Å². The van der Waals surface area contributed by atoms with Gasteiger partial charge in [0.1, 0.15) is 12.2 Å². The predicted octanol–water partition coefficient (Wildman–Crippen LogP) is 1.67. The van der Waals surface area contributed by atoms with Gasteiger partial charge in [0.05, 0.1) is 6.54 Å². The van der Waals surface area contributed by atoms with Crippen molar-refractivity contribution in [3.63, 3.8) is 0 Å². The van der Waals surface area contributed by atoms with E-state index in [1.54, 1.807) is 0 Å². The zero-order valence-corrected chi connectivity index (χ0v) is 7.98. The number of hydrogen-bond acceptors (Lipinski definition) is 4. The Morgan fingerprint density at radius 1 is 1.54 bits per heavy atom. The Kier molecular flexibility index (Phi) is 5.41. The molecule has 0 atom stereocenters. The Morgan fingerprint density at radius 2 is 2.23 bits per heavy atom. The van der Waals surface area contributed by atoms with E-state index in [2.05, 4.69) is 34.1 Å². The fourth-order valence-electron chi connectivity index (χ4n) is 0.730. The summed E-state index contributed by atoms with van der Waals surface area (Å²) in [7, 11) is 0. The predicted molar refractivity (Wildman–Crippen MR) is 55.9 cm³/mol. The monoisotopic (exact) mass is 200 g/mol. The fourth-order valence-corrected chi connectivity index (χ4v) is 0.895. The van der Waals surface area contributed by atoms with Gasteiger partial charge in [-0.1, -0.05) is 21.3 Å². The van der Waals surface area contributed by atoms with Gasteiger partial charge in [0.2, 0.25) is 0 Å². The van der Waals surface area contributed by atoms with Crippen LogP contribution in [-0.2, 0) is 6.54 Å². The van der Waals surface area contributed by atoms with Crippen LogP contribution in [0.15, 0.2) is 6.33 Å². The van der Waals surface area contributed by atoms with Crippen LogP contribution in [0.1, 0.15) is 27.1 Å². The van der Waals surface area contributed by atoms with Crippen molar-refractivity contribution in [3.8, 4) is 0 Å². The lowest BCUT2D eigenvalue weighted by Gasteiger charge is -2.06. The average molecular weight is 200 g/mol. The summed E-state index contributed by atoms with van der Waals surface area (Å²) in [5.41, 5.74) is 0. The van der Waals surface area contributed by atoms with Gasteiger partial charge in [0.25, 0.3) is 0 Å². The smallest absolute Gasteiger partial charge is 0.199 e. The lowest BCUT2D eigenvalue weighted by Crippen LogP contribution is -2.23. The van der Waals surface area contributed by atoms with E-state index < -0.39 is 0 Å². The Hall–Kier alpha value is -0.810. The summed E-state index contributed by atoms with van der Waals surface area (Å²) >= 11 is 4.84. The van der Waals surface area contributed by atoms with Crippen molar-refractivity contribution in [1.82, 2.24) is 20.3 Å². The first-order valence-electron chi connectivity index (χ1n) is 3.82. The number of nitrogens with zero attached hydrogens (tertiary/aromatic N) is 2. The SMILES string of the molecule is C.CC(C)NCc1ncnc(=S)[nH]1. The van der Waals surface area contributed by atoms with Gasteiger partial charge in [-0.2, -0.15) is 0 Å². The molecule has 0 aliphatic carbocycles. The minimum absolute atomic E-state index is 0. The zero-order valence-electron chi connectivity index (χ0n) is 7.16. The van der Waals surface area contributed by atoms with Gasteiger partial charge in [-0.15, -0.1) is 0 Å². The second-order valence-corrected chi connectivity index (χ2v) is 3.17. The summed E-state index contributed by atoms with van der Waals surface area (Å²) in [6.45, 7) is 4.86. The summed E-state index contributed by atoms with van der Waals surface area (Å²) in [5.74, 6) is 0.823. The van der Waals surface area contributed by atoms with Crippen molar-refractivity contribution in [2.24, 2.45) is 0 Å². The van der Waals surface area contributed by atoms with Crippen LogP contribution in [0.5, 0.6) is 0 Å². The first-order valence-corrected chi connectivity index (χ1v) is 4.23. The Bertz CT molecular complexity index is 294. The van der Waals surface area contributed by atoms with Crippen molar-refractivity contribution >= 4 is 12.2 Å². The van der Waals surface area contributed by atoms with Crippen LogP contribution in [0.3, 0.4) is 0 Å². The van der Waals surface area contributed by atoms with Gasteiger partial charge in [0.15, 0.2) is 4.77 Å². The molecule has 0 amide bonds. The van der Waals surface area contributed by atoms with Crippen LogP contribution in [-0.4, -0.2) is 21.0 Å². The lowest BCUT2D eigenvalue weighted by molar-refractivity contribution is 0.570. The summed E-state index contributed by atoms with van der Waals surface area (Å²) in [6, 6.07) is 0.446. The second-order valence-electron chi connectivity index (χ2n) is 2.79. The third kappa shape index (κ3) is 4.69. The minimum atomic E-state index is 0.